The van der Waals surface area contributed by atoms with Crippen molar-refractivity contribution in [2.24, 2.45) is 0 Å². The molecule has 0 aliphatic carbocycles. The molecule has 0 saturated carbocycles. The zero-order valence-corrected chi connectivity index (χ0v) is 15.3. The number of hydrogen-bond donors (Lipinski definition) is 0. The highest BCUT2D eigenvalue weighted by atomic mass is 79.9. The van der Waals surface area contributed by atoms with E-state index >= 15 is 0 Å². The summed E-state index contributed by atoms with van der Waals surface area (Å²) in [5.74, 6) is 0.495. The van der Waals surface area contributed by atoms with E-state index in [1.54, 1.807) is 10.9 Å². The van der Waals surface area contributed by atoms with Crippen molar-refractivity contribution in [2.45, 2.75) is 6.92 Å². The molecule has 4 aromatic rings. The van der Waals surface area contributed by atoms with E-state index < -0.39 is 0 Å². The van der Waals surface area contributed by atoms with E-state index in [9.17, 15) is 4.79 Å². The number of rotatable bonds is 3. The lowest BCUT2D eigenvalue weighted by atomic mass is 10.2. The predicted molar refractivity (Wildman–Crippen MR) is 101 cm³/mol. The standard InChI is InChI=1S/C19H13BrN4O2/c1-12-3-2-4-15(11-12)24-10-9-16(25)17(22-24)19-21-18(23-26-19)13-5-7-14(20)8-6-13/h2-11H,1H3. The van der Waals surface area contributed by atoms with Gasteiger partial charge in [0.1, 0.15) is 0 Å². The van der Waals surface area contributed by atoms with Gasteiger partial charge in [-0.15, -0.1) is 0 Å². The summed E-state index contributed by atoms with van der Waals surface area (Å²) in [5.41, 5.74) is 2.57. The Morgan fingerprint density at radius 2 is 1.88 bits per heavy atom. The average molecular weight is 409 g/mol. The SMILES string of the molecule is Cc1cccc(-n2ccc(=O)c(-c3nc(-c4ccc(Br)cc4)no3)n2)c1. The highest BCUT2D eigenvalue weighted by Crippen LogP contribution is 2.21. The van der Waals surface area contributed by atoms with Gasteiger partial charge in [-0.1, -0.05) is 33.2 Å². The third kappa shape index (κ3) is 3.21. The molecular formula is C19H13BrN4O2. The first-order valence-corrected chi connectivity index (χ1v) is 8.66. The molecule has 0 atom stereocenters. The molecule has 7 heteroatoms. The van der Waals surface area contributed by atoms with E-state index in [4.69, 9.17) is 4.52 Å². The van der Waals surface area contributed by atoms with Gasteiger partial charge in [-0.05, 0) is 48.9 Å². The summed E-state index contributed by atoms with van der Waals surface area (Å²) >= 11 is 3.39. The van der Waals surface area contributed by atoms with Crippen molar-refractivity contribution in [2.75, 3.05) is 0 Å². The van der Waals surface area contributed by atoms with Gasteiger partial charge in [-0.25, -0.2) is 4.68 Å². The molecule has 2 aromatic carbocycles. The van der Waals surface area contributed by atoms with Gasteiger partial charge in [-0.3, -0.25) is 4.79 Å². The molecule has 0 radical (unpaired) electrons. The first kappa shape index (κ1) is 16.4. The molecule has 4 rings (SSSR count). The van der Waals surface area contributed by atoms with Crippen molar-refractivity contribution in [1.29, 1.82) is 0 Å². The van der Waals surface area contributed by atoms with Crippen LogP contribution in [0.3, 0.4) is 0 Å². The largest absolute Gasteiger partial charge is 0.332 e. The van der Waals surface area contributed by atoms with Crippen LogP contribution in [0.5, 0.6) is 0 Å². The van der Waals surface area contributed by atoms with Crippen molar-refractivity contribution in [3.63, 3.8) is 0 Å². The Bertz CT molecular complexity index is 1130. The minimum absolute atomic E-state index is 0.0925. The van der Waals surface area contributed by atoms with Crippen LogP contribution in [0.1, 0.15) is 5.56 Å². The number of hydrogen-bond acceptors (Lipinski definition) is 5. The molecule has 0 aliphatic heterocycles. The molecule has 0 unspecified atom stereocenters. The van der Waals surface area contributed by atoms with Gasteiger partial charge >= 0.3 is 0 Å². The second-order valence-corrected chi connectivity index (χ2v) is 6.66. The Balaban J connectivity index is 1.75. The smallest absolute Gasteiger partial charge is 0.282 e. The van der Waals surface area contributed by atoms with E-state index in [2.05, 4.69) is 31.2 Å². The van der Waals surface area contributed by atoms with Crippen molar-refractivity contribution < 1.29 is 4.52 Å². The molecule has 0 bridgehead atoms. The van der Waals surface area contributed by atoms with Crippen LogP contribution in [0, 0.1) is 6.92 Å². The number of nitrogens with zero attached hydrogens (tertiary/aromatic N) is 4. The van der Waals surface area contributed by atoms with Gasteiger partial charge in [0.05, 0.1) is 5.69 Å². The Morgan fingerprint density at radius 3 is 2.65 bits per heavy atom. The monoisotopic (exact) mass is 408 g/mol. The van der Waals surface area contributed by atoms with Crippen LogP contribution in [-0.2, 0) is 0 Å². The maximum absolute atomic E-state index is 12.3. The first-order valence-electron chi connectivity index (χ1n) is 7.87. The lowest BCUT2D eigenvalue weighted by molar-refractivity contribution is 0.429. The summed E-state index contributed by atoms with van der Waals surface area (Å²) < 4.78 is 7.85. The fourth-order valence-electron chi connectivity index (χ4n) is 2.51. The fourth-order valence-corrected chi connectivity index (χ4v) is 2.77. The van der Waals surface area contributed by atoms with Crippen LogP contribution in [0.4, 0.5) is 0 Å². The molecule has 2 heterocycles. The highest BCUT2D eigenvalue weighted by Gasteiger charge is 2.16. The Kier molecular flexibility index (Phi) is 4.22. The molecule has 0 saturated heterocycles. The third-order valence-corrected chi connectivity index (χ3v) is 4.33. The minimum atomic E-state index is -0.278. The van der Waals surface area contributed by atoms with E-state index in [1.807, 2.05) is 55.5 Å². The number of aromatic nitrogens is 4. The van der Waals surface area contributed by atoms with E-state index in [1.165, 1.54) is 6.07 Å². The summed E-state index contributed by atoms with van der Waals surface area (Å²) in [4.78, 5) is 16.6. The lowest BCUT2D eigenvalue weighted by Crippen LogP contribution is -2.12. The Morgan fingerprint density at radius 1 is 1.08 bits per heavy atom. The predicted octanol–water partition coefficient (Wildman–Crippen LogP) is 4.02. The van der Waals surface area contributed by atoms with Crippen LogP contribution in [0.2, 0.25) is 0 Å². The molecule has 0 amide bonds. The molecule has 0 aliphatic rings. The molecule has 0 fully saturated rings. The molecule has 0 spiro atoms. The van der Waals surface area contributed by atoms with Gasteiger partial charge < -0.3 is 4.52 Å². The topological polar surface area (TPSA) is 73.8 Å². The maximum atomic E-state index is 12.3. The fraction of sp³-hybridized carbons (Fsp3) is 0.0526. The number of halogens is 1. The Hall–Kier alpha value is -3.06. The van der Waals surface area contributed by atoms with Crippen molar-refractivity contribution >= 4 is 15.9 Å². The lowest BCUT2D eigenvalue weighted by Gasteiger charge is -2.06. The molecule has 0 N–H and O–H groups in total. The molecule has 2 aromatic heterocycles. The van der Waals surface area contributed by atoms with Crippen LogP contribution < -0.4 is 5.43 Å². The summed E-state index contributed by atoms with van der Waals surface area (Å²) in [6.07, 6.45) is 1.62. The summed E-state index contributed by atoms with van der Waals surface area (Å²) in [6, 6.07) is 16.8. The summed E-state index contributed by atoms with van der Waals surface area (Å²) in [6.45, 7) is 2.00. The average Bonchev–Trinajstić information content (AvgIpc) is 3.12. The van der Waals surface area contributed by atoms with Crippen LogP contribution >= 0.6 is 15.9 Å². The van der Waals surface area contributed by atoms with Gasteiger partial charge in [0, 0.05) is 22.3 Å². The maximum Gasteiger partial charge on any atom is 0.282 e. The van der Waals surface area contributed by atoms with Crippen LogP contribution in [-0.4, -0.2) is 19.9 Å². The van der Waals surface area contributed by atoms with Crippen LogP contribution in [0.15, 0.2) is 74.6 Å². The van der Waals surface area contributed by atoms with Crippen LogP contribution in [0.25, 0.3) is 28.7 Å². The molecule has 128 valence electrons. The minimum Gasteiger partial charge on any atom is -0.332 e. The number of benzene rings is 2. The molecule has 26 heavy (non-hydrogen) atoms. The molecular weight excluding hydrogens is 396 g/mol. The Labute approximate surface area is 157 Å². The van der Waals surface area contributed by atoms with Gasteiger partial charge in [0.2, 0.25) is 11.3 Å². The zero-order chi connectivity index (χ0) is 18.1. The summed E-state index contributed by atoms with van der Waals surface area (Å²) in [7, 11) is 0. The first-order chi connectivity index (χ1) is 12.6. The quantitative estimate of drug-likeness (QED) is 0.511. The highest BCUT2D eigenvalue weighted by molar-refractivity contribution is 9.10. The zero-order valence-electron chi connectivity index (χ0n) is 13.8. The van der Waals surface area contributed by atoms with E-state index in [0.717, 1.165) is 21.3 Å². The third-order valence-electron chi connectivity index (χ3n) is 3.81. The summed E-state index contributed by atoms with van der Waals surface area (Å²) in [5, 5.41) is 8.34. The van der Waals surface area contributed by atoms with Gasteiger partial charge in [-0.2, -0.15) is 10.1 Å². The second kappa shape index (κ2) is 6.68. The van der Waals surface area contributed by atoms with Gasteiger partial charge in [0.15, 0.2) is 5.69 Å². The van der Waals surface area contributed by atoms with E-state index in [-0.39, 0.29) is 17.0 Å². The molecule has 6 nitrogen and oxygen atoms in total. The van der Waals surface area contributed by atoms with Crippen molar-refractivity contribution in [1.82, 2.24) is 19.9 Å². The number of aryl methyl sites for hydroxylation is 1. The van der Waals surface area contributed by atoms with E-state index in [0.29, 0.717) is 5.82 Å². The van der Waals surface area contributed by atoms with Crippen molar-refractivity contribution in [3.8, 4) is 28.7 Å². The van der Waals surface area contributed by atoms with Crippen molar-refractivity contribution in [3.05, 3.63) is 81.1 Å². The second-order valence-electron chi connectivity index (χ2n) is 5.74. The van der Waals surface area contributed by atoms with Gasteiger partial charge in [0.25, 0.3) is 5.89 Å². The normalized spacial score (nSPS) is 10.8.